The van der Waals surface area contributed by atoms with Gasteiger partial charge in [-0.1, -0.05) is 19.1 Å². The minimum atomic E-state index is -0.0360. The van der Waals surface area contributed by atoms with E-state index in [9.17, 15) is 4.79 Å². The Hall–Kier alpha value is -1.75. The summed E-state index contributed by atoms with van der Waals surface area (Å²) in [5, 5.41) is 0. The molecule has 3 aliphatic carbocycles. The molecule has 0 N–H and O–H groups in total. The van der Waals surface area contributed by atoms with Crippen molar-refractivity contribution < 1.29 is 19.0 Å². The lowest BCUT2D eigenvalue weighted by atomic mass is 9.39. The highest BCUT2D eigenvalue weighted by Gasteiger charge is 2.72. The molecular weight excluding hydrogens is 354 g/mol. The van der Waals surface area contributed by atoms with Gasteiger partial charge in [-0.25, -0.2) is 0 Å². The zero-order valence-corrected chi connectivity index (χ0v) is 17.2. The summed E-state index contributed by atoms with van der Waals surface area (Å²) >= 11 is 0. The molecule has 1 aromatic rings. The highest BCUT2D eigenvalue weighted by atomic mass is 16.5. The molecule has 2 bridgehead atoms. The van der Waals surface area contributed by atoms with E-state index < -0.39 is 0 Å². The van der Waals surface area contributed by atoms with Gasteiger partial charge in [-0.2, -0.15) is 0 Å². The van der Waals surface area contributed by atoms with Crippen LogP contribution in [0.25, 0.3) is 0 Å². The van der Waals surface area contributed by atoms with E-state index in [1.807, 2.05) is 20.1 Å². The lowest BCUT2D eigenvalue weighted by Gasteiger charge is -2.67. The van der Waals surface area contributed by atoms with Crippen LogP contribution in [0.5, 0.6) is 11.5 Å². The van der Waals surface area contributed by atoms with Gasteiger partial charge in [0.05, 0.1) is 7.11 Å². The van der Waals surface area contributed by atoms with Crippen molar-refractivity contribution in [1.29, 1.82) is 0 Å². The van der Waals surface area contributed by atoms with Crippen LogP contribution in [0.3, 0.4) is 0 Å². The van der Waals surface area contributed by atoms with Crippen LogP contribution in [0, 0.1) is 17.3 Å². The van der Waals surface area contributed by atoms with Crippen molar-refractivity contribution in [2.45, 2.75) is 50.5 Å². The molecule has 5 atom stereocenters. The third-order valence-electron chi connectivity index (χ3n) is 8.33. The Bertz CT molecular complexity index is 795. The normalized spacial score (nSPS) is 37.7. The van der Waals surface area contributed by atoms with Gasteiger partial charge in [-0.05, 0) is 43.6 Å². The Morgan fingerprint density at radius 3 is 2.93 bits per heavy atom. The molecule has 2 aliphatic heterocycles. The number of para-hydroxylation sites is 1. The van der Waals surface area contributed by atoms with Crippen LogP contribution in [-0.2, 0) is 14.9 Å². The van der Waals surface area contributed by atoms with Crippen LogP contribution < -0.4 is 9.47 Å². The van der Waals surface area contributed by atoms with Gasteiger partial charge in [0.25, 0.3) is 0 Å². The molecule has 28 heavy (non-hydrogen) atoms. The minimum absolute atomic E-state index is 0.0170. The number of carbonyl (C=O) groups excluding carboxylic acids is 1. The van der Waals surface area contributed by atoms with Gasteiger partial charge in [0.2, 0.25) is 5.91 Å². The summed E-state index contributed by atoms with van der Waals surface area (Å²) < 4.78 is 18.1. The number of hydrogen-bond donors (Lipinski definition) is 0. The van der Waals surface area contributed by atoms with Crippen molar-refractivity contribution in [3.8, 4) is 11.5 Å². The Morgan fingerprint density at radius 1 is 1.32 bits per heavy atom. The van der Waals surface area contributed by atoms with E-state index in [2.05, 4.69) is 17.0 Å². The first-order valence-electron chi connectivity index (χ1n) is 10.7. The summed E-state index contributed by atoms with van der Waals surface area (Å²) in [4.78, 5) is 14.8. The van der Waals surface area contributed by atoms with Gasteiger partial charge in [0.1, 0.15) is 6.10 Å². The van der Waals surface area contributed by atoms with Crippen molar-refractivity contribution in [3.63, 3.8) is 0 Å². The van der Waals surface area contributed by atoms with E-state index in [1.54, 1.807) is 7.11 Å². The Kier molecular flexibility index (Phi) is 4.17. The smallest absolute Gasteiger partial charge is 0.222 e. The summed E-state index contributed by atoms with van der Waals surface area (Å²) in [7, 11) is 3.53. The summed E-state index contributed by atoms with van der Waals surface area (Å²) in [6.07, 6.45) is 5.20. The van der Waals surface area contributed by atoms with Gasteiger partial charge < -0.3 is 19.1 Å². The maximum atomic E-state index is 12.7. The fourth-order valence-electron chi connectivity index (χ4n) is 7.27. The second-order valence-corrected chi connectivity index (χ2v) is 9.11. The zero-order valence-electron chi connectivity index (χ0n) is 17.2. The van der Waals surface area contributed by atoms with Crippen molar-refractivity contribution in [3.05, 3.63) is 23.8 Å². The van der Waals surface area contributed by atoms with Gasteiger partial charge in [-0.15, -0.1) is 0 Å². The van der Waals surface area contributed by atoms with Crippen LogP contribution >= 0.6 is 0 Å². The van der Waals surface area contributed by atoms with E-state index >= 15 is 0 Å². The molecule has 5 nitrogen and oxygen atoms in total. The topological polar surface area (TPSA) is 48.0 Å². The molecule has 1 aromatic carbocycles. The molecule has 2 heterocycles. The minimum Gasteiger partial charge on any atom is -0.493 e. The van der Waals surface area contributed by atoms with Gasteiger partial charge in [0, 0.05) is 49.6 Å². The fraction of sp³-hybridized carbons (Fsp3) is 0.696. The van der Waals surface area contributed by atoms with Crippen molar-refractivity contribution in [2.24, 2.45) is 17.3 Å². The van der Waals surface area contributed by atoms with Crippen LogP contribution in [0.4, 0.5) is 0 Å². The quantitative estimate of drug-likeness (QED) is 0.797. The molecule has 5 unspecified atom stereocenters. The maximum absolute atomic E-state index is 12.7. The molecule has 152 valence electrons. The van der Waals surface area contributed by atoms with Crippen molar-refractivity contribution >= 4 is 5.91 Å². The average Bonchev–Trinajstić information content (AvgIpc) is 3.09. The van der Waals surface area contributed by atoms with Crippen molar-refractivity contribution in [1.82, 2.24) is 4.90 Å². The molecule has 6 rings (SSSR count). The predicted molar refractivity (Wildman–Crippen MR) is 106 cm³/mol. The summed E-state index contributed by atoms with van der Waals surface area (Å²) in [5.41, 5.74) is 1.29. The number of amides is 1. The average molecular weight is 386 g/mol. The highest BCUT2D eigenvalue weighted by molar-refractivity contribution is 5.76. The molecule has 1 amide bonds. The van der Waals surface area contributed by atoms with Gasteiger partial charge >= 0.3 is 0 Å². The molecule has 4 fully saturated rings. The number of piperidine rings is 1. The molecule has 1 saturated heterocycles. The Morgan fingerprint density at radius 2 is 2.18 bits per heavy atom. The van der Waals surface area contributed by atoms with Crippen LogP contribution in [0.2, 0.25) is 0 Å². The number of carbonyl (C=O) groups is 1. The lowest BCUT2D eigenvalue weighted by Crippen LogP contribution is -2.72. The number of nitrogens with zero attached hydrogens (tertiary/aromatic N) is 1. The first-order valence-corrected chi connectivity index (χ1v) is 10.7. The predicted octanol–water partition coefficient (Wildman–Crippen LogP) is 3.40. The van der Waals surface area contributed by atoms with E-state index in [1.165, 1.54) is 12.0 Å². The number of fused-ring (bicyclic) bond motifs is 3. The first kappa shape index (κ1) is 18.3. The first-order chi connectivity index (χ1) is 13.6. The molecule has 2 spiro atoms. The number of rotatable bonds is 4. The largest absolute Gasteiger partial charge is 0.493 e. The number of methoxy groups -OCH3 is 2. The van der Waals surface area contributed by atoms with Crippen LogP contribution in [0.15, 0.2) is 18.2 Å². The maximum Gasteiger partial charge on any atom is 0.222 e. The Balaban J connectivity index is 1.68. The lowest BCUT2D eigenvalue weighted by molar-refractivity contribution is -0.191. The zero-order chi connectivity index (χ0) is 19.5. The van der Waals surface area contributed by atoms with Gasteiger partial charge in [-0.3, -0.25) is 4.79 Å². The third-order valence-corrected chi connectivity index (χ3v) is 8.33. The van der Waals surface area contributed by atoms with E-state index in [0.717, 1.165) is 50.5 Å². The summed E-state index contributed by atoms with van der Waals surface area (Å²) in [6, 6.07) is 6.36. The van der Waals surface area contributed by atoms with Gasteiger partial charge in [0.15, 0.2) is 11.5 Å². The SMILES string of the molecule is CCC(=O)N1CCC23c4cccc(OC)c4OC2C2CCC3(C1)C(COC)C2. The highest BCUT2D eigenvalue weighted by Crippen LogP contribution is 2.71. The second-order valence-electron chi connectivity index (χ2n) is 9.11. The summed E-state index contributed by atoms with van der Waals surface area (Å²) in [6.45, 7) is 4.38. The molecule has 5 heteroatoms. The third kappa shape index (κ3) is 2.09. The van der Waals surface area contributed by atoms with E-state index in [-0.39, 0.29) is 22.8 Å². The molecule has 3 saturated carbocycles. The van der Waals surface area contributed by atoms with E-state index in [0.29, 0.717) is 18.3 Å². The van der Waals surface area contributed by atoms with Crippen molar-refractivity contribution in [2.75, 3.05) is 33.9 Å². The monoisotopic (exact) mass is 385 g/mol. The second kappa shape index (κ2) is 6.38. The fourth-order valence-corrected chi connectivity index (χ4v) is 7.27. The van der Waals surface area contributed by atoms with Crippen LogP contribution in [-0.4, -0.2) is 50.8 Å². The molecule has 0 radical (unpaired) electrons. The number of hydrogen-bond acceptors (Lipinski definition) is 4. The molecular formula is C23H31NO4. The number of ether oxygens (including phenoxy) is 3. The Labute approximate surface area is 167 Å². The standard InChI is InChI=1S/C23H31NO4/c1-4-19(25)24-11-10-23-17-6-5-7-18(27-3)20(17)28-21(23)15-8-9-22(23,14-24)16(12-15)13-26-2/h5-7,15-16,21H,4,8-14H2,1-3H3. The molecule has 5 aliphatic rings. The van der Waals surface area contributed by atoms with Crippen LogP contribution in [0.1, 0.15) is 44.6 Å². The summed E-state index contributed by atoms with van der Waals surface area (Å²) in [5.74, 6) is 3.06. The molecule has 0 aromatic heterocycles. The number of likely N-dealkylation sites (tertiary alicyclic amines) is 1. The number of benzene rings is 1. The van der Waals surface area contributed by atoms with E-state index in [4.69, 9.17) is 14.2 Å².